The van der Waals surface area contributed by atoms with Crippen molar-refractivity contribution in [2.24, 2.45) is 0 Å². The Labute approximate surface area is 92.0 Å². The molecule has 0 aliphatic carbocycles. The number of benzene rings is 1. The van der Waals surface area contributed by atoms with Crippen LogP contribution in [0.4, 0.5) is 5.82 Å². The molecule has 0 unspecified atom stereocenters. The molecule has 0 atom stereocenters. The summed E-state index contributed by atoms with van der Waals surface area (Å²) in [6.45, 7) is 4.14. The van der Waals surface area contributed by atoms with E-state index in [2.05, 4.69) is 30.1 Å². The quantitative estimate of drug-likeness (QED) is 0.623. The Balaban J connectivity index is 2.48. The fourth-order valence-corrected chi connectivity index (χ4v) is 1.82. The maximum absolute atomic E-state index is 5.69. The second-order valence-electron chi connectivity index (χ2n) is 4.04. The fourth-order valence-electron chi connectivity index (χ4n) is 1.82. The van der Waals surface area contributed by atoms with Gasteiger partial charge in [0.05, 0.1) is 10.9 Å². The van der Waals surface area contributed by atoms with Crippen molar-refractivity contribution in [2.75, 3.05) is 5.73 Å². The van der Waals surface area contributed by atoms with Crippen LogP contribution in [-0.4, -0.2) is 10.1 Å². The molecule has 0 spiro atoms. The average molecular weight is 213 g/mol. The Morgan fingerprint density at radius 2 is 1.88 bits per heavy atom. The molecule has 0 saturated carbocycles. The first kappa shape index (κ1) is 9.15. The average Bonchev–Trinajstić information content (AvgIpc) is 2.59. The third kappa shape index (κ3) is 1.16. The van der Waals surface area contributed by atoms with Gasteiger partial charge in [-0.1, -0.05) is 5.16 Å². The van der Waals surface area contributed by atoms with E-state index >= 15 is 0 Å². The monoisotopic (exact) mass is 213 g/mol. The zero-order valence-corrected chi connectivity index (χ0v) is 9.11. The predicted molar refractivity (Wildman–Crippen MR) is 63.2 cm³/mol. The molecule has 2 heterocycles. The smallest absolute Gasteiger partial charge is 0.260 e. The first-order chi connectivity index (χ1) is 7.65. The van der Waals surface area contributed by atoms with Crippen LogP contribution in [-0.2, 0) is 0 Å². The molecule has 0 aliphatic heterocycles. The highest BCUT2D eigenvalue weighted by Crippen LogP contribution is 2.25. The maximum Gasteiger partial charge on any atom is 0.260 e. The minimum absolute atomic E-state index is 0.391. The lowest BCUT2D eigenvalue weighted by Gasteiger charge is -2.02. The van der Waals surface area contributed by atoms with Crippen LogP contribution in [0.5, 0.6) is 0 Å². The summed E-state index contributed by atoms with van der Waals surface area (Å²) < 4.78 is 5.04. The summed E-state index contributed by atoms with van der Waals surface area (Å²) in [6, 6.07) is 6.11. The number of rotatable bonds is 0. The van der Waals surface area contributed by atoms with E-state index in [1.807, 2.05) is 12.1 Å². The summed E-state index contributed by atoms with van der Waals surface area (Å²) in [6.07, 6.45) is 0. The van der Waals surface area contributed by atoms with E-state index in [1.165, 1.54) is 11.1 Å². The van der Waals surface area contributed by atoms with Crippen LogP contribution in [0.3, 0.4) is 0 Å². The molecule has 0 fully saturated rings. The van der Waals surface area contributed by atoms with Crippen LogP contribution in [0.25, 0.3) is 22.0 Å². The molecule has 0 amide bonds. The largest absolute Gasteiger partial charge is 0.380 e. The van der Waals surface area contributed by atoms with Crippen molar-refractivity contribution in [1.29, 1.82) is 0 Å². The molecule has 1 aromatic carbocycles. The van der Waals surface area contributed by atoms with E-state index in [-0.39, 0.29) is 0 Å². The zero-order valence-electron chi connectivity index (χ0n) is 9.11. The van der Waals surface area contributed by atoms with E-state index in [1.54, 1.807) is 0 Å². The molecule has 0 saturated heterocycles. The van der Waals surface area contributed by atoms with Gasteiger partial charge in [0, 0.05) is 5.39 Å². The van der Waals surface area contributed by atoms with Gasteiger partial charge in [0.25, 0.3) is 5.71 Å². The van der Waals surface area contributed by atoms with Gasteiger partial charge in [0.2, 0.25) is 0 Å². The first-order valence-electron chi connectivity index (χ1n) is 5.08. The molecule has 16 heavy (non-hydrogen) atoms. The van der Waals surface area contributed by atoms with Gasteiger partial charge in [-0.05, 0) is 43.2 Å². The summed E-state index contributed by atoms with van der Waals surface area (Å²) in [5, 5.41) is 5.54. The van der Waals surface area contributed by atoms with E-state index in [4.69, 9.17) is 10.3 Å². The van der Waals surface area contributed by atoms with Gasteiger partial charge in [0.1, 0.15) is 0 Å². The molecule has 3 rings (SSSR count). The van der Waals surface area contributed by atoms with Crippen LogP contribution in [0.2, 0.25) is 0 Å². The molecular formula is C12H11N3O. The lowest BCUT2D eigenvalue weighted by molar-refractivity contribution is 0.453. The summed E-state index contributed by atoms with van der Waals surface area (Å²) in [5.74, 6) is 0.391. The van der Waals surface area contributed by atoms with Crippen molar-refractivity contribution >= 4 is 27.8 Å². The zero-order chi connectivity index (χ0) is 11.3. The highest BCUT2D eigenvalue weighted by Gasteiger charge is 2.08. The highest BCUT2D eigenvalue weighted by atomic mass is 16.5. The molecule has 4 heteroatoms. The summed E-state index contributed by atoms with van der Waals surface area (Å²) in [7, 11) is 0. The second-order valence-corrected chi connectivity index (χ2v) is 4.04. The SMILES string of the molecule is Cc1cc2cc3c(N)noc3nc2cc1C. The van der Waals surface area contributed by atoms with E-state index < -0.39 is 0 Å². The number of pyridine rings is 1. The van der Waals surface area contributed by atoms with Crippen LogP contribution in [0, 0.1) is 13.8 Å². The number of fused-ring (bicyclic) bond motifs is 2. The van der Waals surface area contributed by atoms with Crippen LogP contribution >= 0.6 is 0 Å². The third-order valence-electron chi connectivity index (χ3n) is 2.90. The summed E-state index contributed by atoms with van der Waals surface area (Å²) in [4.78, 5) is 4.39. The number of aryl methyl sites for hydroxylation is 2. The number of anilines is 1. The van der Waals surface area contributed by atoms with Gasteiger partial charge < -0.3 is 10.3 Å². The van der Waals surface area contributed by atoms with Crippen molar-refractivity contribution in [2.45, 2.75) is 13.8 Å². The number of aromatic nitrogens is 2. The van der Waals surface area contributed by atoms with Gasteiger partial charge in [0.15, 0.2) is 5.82 Å². The molecule has 2 N–H and O–H groups in total. The maximum atomic E-state index is 5.69. The highest BCUT2D eigenvalue weighted by molar-refractivity contribution is 5.95. The Bertz CT molecular complexity index is 700. The molecular weight excluding hydrogens is 202 g/mol. The summed E-state index contributed by atoms with van der Waals surface area (Å²) in [5.41, 5.74) is 9.55. The number of hydrogen-bond donors (Lipinski definition) is 1. The van der Waals surface area contributed by atoms with Crippen LogP contribution in [0.1, 0.15) is 11.1 Å². The molecule has 0 radical (unpaired) electrons. The third-order valence-corrected chi connectivity index (χ3v) is 2.90. The Morgan fingerprint density at radius 3 is 2.69 bits per heavy atom. The van der Waals surface area contributed by atoms with Crippen molar-refractivity contribution in [3.8, 4) is 0 Å². The van der Waals surface area contributed by atoms with Gasteiger partial charge in [-0.25, -0.2) is 4.98 Å². The second kappa shape index (κ2) is 2.95. The van der Waals surface area contributed by atoms with Gasteiger partial charge in [-0.2, -0.15) is 0 Å². The Hall–Kier alpha value is -2.10. The number of hydrogen-bond acceptors (Lipinski definition) is 4. The van der Waals surface area contributed by atoms with Gasteiger partial charge >= 0.3 is 0 Å². The van der Waals surface area contributed by atoms with E-state index in [9.17, 15) is 0 Å². The van der Waals surface area contributed by atoms with Crippen LogP contribution < -0.4 is 5.73 Å². The van der Waals surface area contributed by atoms with Crippen molar-refractivity contribution in [1.82, 2.24) is 10.1 Å². The number of nitrogens with zero attached hydrogens (tertiary/aromatic N) is 2. The minimum atomic E-state index is 0.391. The molecule has 80 valence electrons. The van der Waals surface area contributed by atoms with Crippen molar-refractivity contribution in [3.63, 3.8) is 0 Å². The van der Waals surface area contributed by atoms with Gasteiger partial charge in [-0.15, -0.1) is 0 Å². The number of nitrogens with two attached hydrogens (primary N) is 1. The lowest BCUT2D eigenvalue weighted by Crippen LogP contribution is -1.87. The standard InChI is InChI=1S/C12H11N3O/c1-6-3-8-5-9-11(13)15-16-12(9)14-10(8)4-7(6)2/h3-5H,1-2H3,(H2,13,15). The Morgan fingerprint density at radius 1 is 1.12 bits per heavy atom. The Kier molecular flexibility index (Phi) is 1.68. The fraction of sp³-hybridized carbons (Fsp3) is 0.167. The lowest BCUT2D eigenvalue weighted by atomic mass is 10.1. The van der Waals surface area contributed by atoms with E-state index in [0.29, 0.717) is 11.5 Å². The van der Waals surface area contributed by atoms with Crippen LogP contribution in [0.15, 0.2) is 22.7 Å². The summed E-state index contributed by atoms with van der Waals surface area (Å²) >= 11 is 0. The van der Waals surface area contributed by atoms with E-state index in [0.717, 1.165) is 16.3 Å². The van der Waals surface area contributed by atoms with Crippen molar-refractivity contribution < 1.29 is 4.52 Å². The predicted octanol–water partition coefficient (Wildman–Crippen LogP) is 2.58. The number of nitrogen functional groups attached to an aromatic ring is 1. The normalized spacial score (nSPS) is 11.4. The molecule has 4 nitrogen and oxygen atoms in total. The van der Waals surface area contributed by atoms with Gasteiger partial charge in [-0.3, -0.25) is 0 Å². The van der Waals surface area contributed by atoms with Crippen molar-refractivity contribution in [3.05, 3.63) is 29.3 Å². The molecule has 0 aliphatic rings. The molecule has 3 aromatic rings. The topological polar surface area (TPSA) is 64.9 Å². The molecule has 0 bridgehead atoms. The first-order valence-corrected chi connectivity index (χ1v) is 5.08. The molecule has 2 aromatic heterocycles. The minimum Gasteiger partial charge on any atom is -0.380 e.